The molecule has 0 saturated heterocycles. The number of rotatable bonds is 10. The Balaban J connectivity index is 1.41. The molecular formula is C27H32N4O4S. The molecule has 3 N–H and O–H groups in total. The summed E-state index contributed by atoms with van der Waals surface area (Å²) in [6.07, 6.45) is 6.07. The van der Waals surface area contributed by atoms with Crippen LogP contribution < -0.4 is 19.5 Å². The molecule has 4 rings (SSSR count). The van der Waals surface area contributed by atoms with Gasteiger partial charge in [-0.25, -0.2) is 0 Å². The van der Waals surface area contributed by atoms with E-state index in [-0.39, 0.29) is 23.9 Å². The van der Waals surface area contributed by atoms with Crippen LogP contribution in [0.2, 0.25) is 0 Å². The lowest BCUT2D eigenvalue weighted by molar-refractivity contribution is 0.0932. The maximum atomic E-state index is 13.0. The quantitative estimate of drug-likeness (QED) is 0.389. The number of hydrogen-bond donors (Lipinski definition) is 3. The van der Waals surface area contributed by atoms with Crippen molar-refractivity contribution < 1.29 is 17.9 Å². The fourth-order valence-electron chi connectivity index (χ4n) is 4.77. The lowest BCUT2D eigenvalue weighted by atomic mass is 9.68. The summed E-state index contributed by atoms with van der Waals surface area (Å²) >= 11 is 0. The maximum absolute atomic E-state index is 13.0. The fraction of sp³-hybridized carbons (Fsp3) is 0.333. The summed E-state index contributed by atoms with van der Waals surface area (Å²) < 4.78 is 36.0. The zero-order valence-electron chi connectivity index (χ0n) is 20.3. The van der Waals surface area contributed by atoms with Gasteiger partial charge in [0.15, 0.2) is 0 Å². The summed E-state index contributed by atoms with van der Waals surface area (Å²) in [7, 11) is -2.12. The molecule has 3 aromatic rings. The number of methoxy groups -OCH3 is 1. The monoisotopic (exact) mass is 508 g/mol. The van der Waals surface area contributed by atoms with Crippen molar-refractivity contribution in [3.8, 4) is 5.75 Å². The highest BCUT2D eigenvalue weighted by Crippen LogP contribution is 2.39. The molecule has 9 heteroatoms. The van der Waals surface area contributed by atoms with Gasteiger partial charge in [0.25, 0.3) is 16.1 Å². The van der Waals surface area contributed by atoms with E-state index in [9.17, 15) is 13.2 Å². The molecule has 1 aliphatic carbocycles. The molecule has 1 fully saturated rings. The molecule has 1 aliphatic rings. The molecule has 0 aliphatic heterocycles. The number of nitrogens with one attached hydrogen (secondary N) is 3. The molecule has 2 aromatic carbocycles. The van der Waals surface area contributed by atoms with Crippen molar-refractivity contribution in [3.05, 3.63) is 95.8 Å². The first-order valence-electron chi connectivity index (χ1n) is 12.0. The Morgan fingerprint density at radius 3 is 2.44 bits per heavy atom. The van der Waals surface area contributed by atoms with Crippen molar-refractivity contribution >= 4 is 16.1 Å². The van der Waals surface area contributed by atoms with E-state index in [1.165, 1.54) is 0 Å². The standard InChI is InChI=1S/C27H32N4O4S/c1-35-25-12-6-5-11-24(25)26(32)29-20-27(22-9-3-2-4-10-22)15-13-23(14-16-27)31-36(33,34)30-19-21-8-7-17-28-18-21/h2-12,17-18,23,30-31H,13-16,19-20H2,1H3,(H,29,32)/t23-,27-. The minimum absolute atomic E-state index is 0.179. The van der Waals surface area contributed by atoms with Crippen molar-refractivity contribution in [2.45, 2.75) is 43.7 Å². The molecule has 8 nitrogen and oxygen atoms in total. The highest BCUT2D eigenvalue weighted by atomic mass is 32.2. The Kier molecular flexibility index (Phi) is 8.35. The minimum Gasteiger partial charge on any atom is -0.496 e. The third-order valence-corrected chi connectivity index (χ3v) is 7.95. The maximum Gasteiger partial charge on any atom is 0.277 e. The summed E-state index contributed by atoms with van der Waals surface area (Å²) in [5.74, 6) is 0.339. The number of aromatic nitrogens is 1. The zero-order chi connectivity index (χ0) is 25.4. The smallest absolute Gasteiger partial charge is 0.277 e. The van der Waals surface area contributed by atoms with E-state index in [1.54, 1.807) is 37.7 Å². The Morgan fingerprint density at radius 1 is 1.03 bits per heavy atom. The highest BCUT2D eigenvalue weighted by Gasteiger charge is 2.38. The first-order chi connectivity index (χ1) is 17.4. The van der Waals surface area contributed by atoms with E-state index in [4.69, 9.17) is 4.74 Å². The first-order valence-corrected chi connectivity index (χ1v) is 13.5. The van der Waals surface area contributed by atoms with Crippen LogP contribution in [-0.2, 0) is 22.2 Å². The average molecular weight is 509 g/mol. The van der Waals surface area contributed by atoms with Gasteiger partial charge in [-0.2, -0.15) is 17.9 Å². The number of hydrogen-bond acceptors (Lipinski definition) is 5. The Bertz CT molecular complexity index is 1250. The normalized spacial score (nSPS) is 20.0. The van der Waals surface area contributed by atoms with E-state index in [2.05, 4.69) is 31.9 Å². The van der Waals surface area contributed by atoms with Crippen LogP contribution in [0.15, 0.2) is 79.1 Å². The van der Waals surface area contributed by atoms with Gasteiger partial charge in [-0.1, -0.05) is 48.5 Å². The van der Waals surface area contributed by atoms with Gasteiger partial charge in [0.2, 0.25) is 0 Å². The van der Waals surface area contributed by atoms with Gasteiger partial charge in [-0.3, -0.25) is 9.78 Å². The van der Waals surface area contributed by atoms with Crippen molar-refractivity contribution in [1.29, 1.82) is 0 Å². The van der Waals surface area contributed by atoms with Gasteiger partial charge in [0.05, 0.1) is 12.7 Å². The van der Waals surface area contributed by atoms with Crippen LogP contribution >= 0.6 is 0 Å². The lowest BCUT2D eigenvalue weighted by Crippen LogP contribution is -2.49. The number of amides is 1. The summed E-state index contributed by atoms with van der Waals surface area (Å²) in [6, 6.07) is 20.7. The largest absolute Gasteiger partial charge is 0.496 e. The van der Waals surface area contributed by atoms with Crippen LogP contribution in [0.1, 0.15) is 47.2 Å². The summed E-state index contributed by atoms with van der Waals surface area (Å²) in [6.45, 7) is 0.630. The number of ether oxygens (including phenoxy) is 1. The van der Waals surface area contributed by atoms with E-state index < -0.39 is 10.2 Å². The van der Waals surface area contributed by atoms with E-state index in [0.29, 0.717) is 30.7 Å². The fourth-order valence-corrected chi connectivity index (χ4v) is 5.88. The van der Waals surface area contributed by atoms with Crippen molar-refractivity contribution in [3.63, 3.8) is 0 Å². The third kappa shape index (κ3) is 6.48. The summed E-state index contributed by atoms with van der Waals surface area (Å²) in [5.41, 5.74) is 2.13. The third-order valence-electron chi connectivity index (χ3n) is 6.78. The molecule has 190 valence electrons. The number of nitrogens with zero attached hydrogens (tertiary/aromatic N) is 1. The van der Waals surface area contributed by atoms with Crippen LogP contribution in [0.4, 0.5) is 0 Å². The van der Waals surface area contributed by atoms with E-state index in [1.807, 2.05) is 36.4 Å². The molecule has 36 heavy (non-hydrogen) atoms. The predicted molar refractivity (Wildman–Crippen MR) is 139 cm³/mol. The molecule has 0 radical (unpaired) electrons. The summed E-state index contributed by atoms with van der Waals surface area (Å²) in [5, 5.41) is 3.11. The second-order valence-electron chi connectivity index (χ2n) is 9.11. The van der Waals surface area contributed by atoms with Gasteiger partial charge in [-0.15, -0.1) is 0 Å². The number of benzene rings is 2. The number of para-hydroxylation sites is 1. The molecule has 0 bridgehead atoms. The lowest BCUT2D eigenvalue weighted by Gasteiger charge is -2.41. The topological polar surface area (TPSA) is 109 Å². The molecule has 0 atom stereocenters. The second-order valence-corrected chi connectivity index (χ2v) is 10.6. The van der Waals surface area contributed by atoms with E-state index >= 15 is 0 Å². The van der Waals surface area contributed by atoms with Gasteiger partial charge < -0.3 is 10.1 Å². The predicted octanol–water partition coefficient (Wildman–Crippen LogP) is 3.32. The van der Waals surface area contributed by atoms with Gasteiger partial charge in [0, 0.05) is 36.9 Å². The van der Waals surface area contributed by atoms with Crippen molar-refractivity contribution in [2.75, 3.05) is 13.7 Å². The molecular weight excluding hydrogens is 476 g/mol. The van der Waals surface area contributed by atoms with Gasteiger partial charge in [0.1, 0.15) is 5.75 Å². The Labute approximate surface area is 212 Å². The average Bonchev–Trinajstić information content (AvgIpc) is 2.92. The number of pyridine rings is 1. The number of carbonyl (C=O) groups is 1. The van der Waals surface area contributed by atoms with Gasteiger partial charge >= 0.3 is 0 Å². The zero-order valence-corrected chi connectivity index (χ0v) is 21.1. The van der Waals surface area contributed by atoms with Crippen molar-refractivity contribution in [1.82, 2.24) is 19.7 Å². The summed E-state index contributed by atoms with van der Waals surface area (Å²) in [4.78, 5) is 17.0. The van der Waals surface area contributed by atoms with Gasteiger partial charge in [-0.05, 0) is 55.0 Å². The van der Waals surface area contributed by atoms with Crippen LogP contribution in [0.5, 0.6) is 5.75 Å². The SMILES string of the molecule is COc1ccccc1C(=O)NC[C@]1(c2ccccc2)CC[C@H](NS(=O)(=O)NCc2cccnc2)CC1. The molecule has 1 saturated carbocycles. The second kappa shape index (κ2) is 11.6. The van der Waals surface area contributed by atoms with Crippen molar-refractivity contribution in [2.24, 2.45) is 0 Å². The molecule has 1 amide bonds. The molecule has 1 heterocycles. The number of carbonyl (C=O) groups excluding carboxylic acids is 1. The van der Waals surface area contributed by atoms with Crippen LogP contribution in [0, 0.1) is 0 Å². The Morgan fingerprint density at radius 2 is 1.75 bits per heavy atom. The molecule has 0 unspecified atom stereocenters. The van der Waals surface area contributed by atoms with Crippen LogP contribution in [0.25, 0.3) is 0 Å². The molecule has 1 aromatic heterocycles. The highest BCUT2D eigenvalue weighted by molar-refractivity contribution is 7.87. The van der Waals surface area contributed by atoms with Crippen LogP contribution in [-0.4, -0.2) is 39.0 Å². The van der Waals surface area contributed by atoms with Crippen LogP contribution in [0.3, 0.4) is 0 Å². The first kappa shape index (κ1) is 25.8. The molecule has 0 spiro atoms. The Hall–Kier alpha value is -3.27. The van der Waals surface area contributed by atoms with E-state index in [0.717, 1.165) is 24.0 Å². The minimum atomic E-state index is -3.66.